The van der Waals surface area contributed by atoms with Gasteiger partial charge in [-0.3, -0.25) is 4.79 Å². The Balaban J connectivity index is 1.61. The molecule has 2 aromatic rings. The lowest BCUT2D eigenvalue weighted by Crippen LogP contribution is -2.16. The molecule has 5 nitrogen and oxygen atoms in total. The number of nitrogens with zero attached hydrogens (tertiary/aromatic N) is 1. The summed E-state index contributed by atoms with van der Waals surface area (Å²) in [5, 5.41) is 4.78. The fourth-order valence-corrected chi connectivity index (χ4v) is 3.94. The van der Waals surface area contributed by atoms with Crippen molar-refractivity contribution >= 4 is 23.7 Å². The molecule has 0 bridgehead atoms. The third-order valence-corrected chi connectivity index (χ3v) is 6.16. The van der Waals surface area contributed by atoms with E-state index in [1.807, 2.05) is 42.5 Å². The molecule has 0 spiro atoms. The maximum Gasteiger partial charge on any atom is 0.240 e. The summed E-state index contributed by atoms with van der Waals surface area (Å²) in [5.41, 5.74) is 4.45. The SMILES string of the molecule is CCCCCCCCCCCCCC(=O)N/N=C/c1ccc(OCc2ccc(Cl)cc2)c(OC)c1. The van der Waals surface area contributed by atoms with Crippen LogP contribution in [0.15, 0.2) is 47.6 Å². The van der Waals surface area contributed by atoms with Gasteiger partial charge in [0.1, 0.15) is 6.61 Å². The lowest BCUT2D eigenvalue weighted by atomic mass is 10.1. The summed E-state index contributed by atoms with van der Waals surface area (Å²) in [4.78, 5) is 12.0. The molecular weight excluding hydrogens is 460 g/mol. The van der Waals surface area contributed by atoms with Gasteiger partial charge in [-0.05, 0) is 47.9 Å². The Bertz CT molecular complexity index is 884. The van der Waals surface area contributed by atoms with Crippen LogP contribution >= 0.6 is 11.6 Å². The highest BCUT2D eigenvalue weighted by Gasteiger charge is 2.06. The average Bonchev–Trinajstić information content (AvgIpc) is 2.87. The zero-order valence-corrected chi connectivity index (χ0v) is 22.1. The van der Waals surface area contributed by atoms with Crippen molar-refractivity contribution in [3.63, 3.8) is 0 Å². The molecule has 0 saturated heterocycles. The molecular formula is C29H41ClN2O3. The highest BCUT2D eigenvalue weighted by atomic mass is 35.5. The predicted octanol–water partition coefficient (Wildman–Crippen LogP) is 8.08. The normalized spacial score (nSPS) is 11.1. The zero-order valence-electron chi connectivity index (χ0n) is 21.4. The molecule has 0 heterocycles. The largest absolute Gasteiger partial charge is 0.493 e. The monoisotopic (exact) mass is 500 g/mol. The van der Waals surface area contributed by atoms with Crippen LogP contribution in [-0.4, -0.2) is 19.2 Å². The van der Waals surface area contributed by atoms with Crippen LogP contribution in [0, 0.1) is 0 Å². The number of hydrogen-bond acceptors (Lipinski definition) is 4. The predicted molar refractivity (Wildman–Crippen MR) is 146 cm³/mol. The topological polar surface area (TPSA) is 59.9 Å². The Hall–Kier alpha value is -2.53. The first kappa shape index (κ1) is 28.7. The van der Waals surface area contributed by atoms with Crippen LogP contribution in [0.3, 0.4) is 0 Å². The number of rotatable bonds is 18. The van der Waals surface area contributed by atoms with E-state index < -0.39 is 0 Å². The number of hydrogen-bond donors (Lipinski definition) is 1. The number of hydrazone groups is 1. The van der Waals surface area contributed by atoms with Gasteiger partial charge in [-0.25, -0.2) is 5.43 Å². The van der Waals surface area contributed by atoms with Gasteiger partial charge in [0.15, 0.2) is 11.5 Å². The standard InChI is InChI=1S/C29H41ClN2O3/c1-3-4-5-6-7-8-9-10-11-12-13-14-29(33)32-31-22-25-17-20-27(28(21-25)34-2)35-23-24-15-18-26(30)19-16-24/h15-22H,3-14,23H2,1-2H3,(H,32,33)/b31-22+. The van der Waals surface area contributed by atoms with Crippen LogP contribution in [0.25, 0.3) is 0 Å². The third kappa shape index (κ3) is 12.7. The lowest BCUT2D eigenvalue weighted by molar-refractivity contribution is -0.121. The van der Waals surface area contributed by atoms with Gasteiger partial charge in [0.05, 0.1) is 13.3 Å². The molecule has 35 heavy (non-hydrogen) atoms. The summed E-state index contributed by atoms with van der Waals surface area (Å²) >= 11 is 5.92. The Morgan fingerprint density at radius 3 is 2.14 bits per heavy atom. The molecule has 0 aliphatic carbocycles. The van der Waals surface area contributed by atoms with Gasteiger partial charge in [-0.2, -0.15) is 5.10 Å². The summed E-state index contributed by atoms with van der Waals surface area (Å²) in [5.74, 6) is 1.20. The molecule has 0 atom stereocenters. The second-order valence-corrected chi connectivity index (χ2v) is 9.34. The van der Waals surface area contributed by atoms with Crippen molar-refractivity contribution in [3.05, 3.63) is 58.6 Å². The molecule has 0 radical (unpaired) electrons. The molecule has 0 saturated carbocycles. The molecule has 0 aliphatic rings. The molecule has 1 N–H and O–H groups in total. The Morgan fingerprint density at radius 2 is 1.51 bits per heavy atom. The van der Waals surface area contributed by atoms with E-state index in [4.69, 9.17) is 21.1 Å². The number of amides is 1. The van der Waals surface area contributed by atoms with E-state index in [1.54, 1.807) is 13.3 Å². The summed E-state index contributed by atoms with van der Waals surface area (Å²) < 4.78 is 11.3. The minimum absolute atomic E-state index is 0.0490. The van der Waals surface area contributed by atoms with E-state index in [2.05, 4.69) is 17.5 Å². The van der Waals surface area contributed by atoms with Crippen LogP contribution in [0.5, 0.6) is 11.5 Å². The number of nitrogens with one attached hydrogen (secondary N) is 1. The first-order valence-electron chi connectivity index (χ1n) is 13.0. The fraction of sp³-hybridized carbons (Fsp3) is 0.517. The number of benzene rings is 2. The van der Waals surface area contributed by atoms with Crippen molar-refractivity contribution in [3.8, 4) is 11.5 Å². The van der Waals surface area contributed by atoms with Crippen molar-refractivity contribution < 1.29 is 14.3 Å². The van der Waals surface area contributed by atoms with E-state index in [9.17, 15) is 4.79 Å². The number of carbonyl (C=O) groups excluding carboxylic acids is 1. The summed E-state index contributed by atoms with van der Waals surface area (Å²) in [6.45, 7) is 2.67. The lowest BCUT2D eigenvalue weighted by Gasteiger charge is -2.11. The Morgan fingerprint density at radius 1 is 0.886 bits per heavy atom. The van der Waals surface area contributed by atoms with Gasteiger partial charge in [-0.1, -0.05) is 94.9 Å². The number of carbonyl (C=O) groups is 1. The van der Waals surface area contributed by atoms with E-state index in [0.717, 1.165) is 24.0 Å². The van der Waals surface area contributed by atoms with Crippen molar-refractivity contribution in [2.75, 3.05) is 7.11 Å². The molecule has 0 fully saturated rings. The van der Waals surface area contributed by atoms with Crippen LogP contribution in [0.2, 0.25) is 5.02 Å². The molecule has 0 aromatic heterocycles. The second-order valence-electron chi connectivity index (χ2n) is 8.90. The van der Waals surface area contributed by atoms with E-state index in [-0.39, 0.29) is 5.91 Å². The quantitative estimate of drug-likeness (QED) is 0.128. The van der Waals surface area contributed by atoms with Gasteiger partial charge in [0.25, 0.3) is 0 Å². The molecule has 0 aliphatic heterocycles. The molecule has 2 aromatic carbocycles. The minimum Gasteiger partial charge on any atom is -0.493 e. The number of unbranched alkanes of at least 4 members (excludes halogenated alkanes) is 10. The fourth-order valence-electron chi connectivity index (χ4n) is 3.81. The first-order valence-corrected chi connectivity index (χ1v) is 13.4. The Kier molecular flexibility index (Phi) is 14.6. The van der Waals surface area contributed by atoms with Crippen LogP contribution in [0.1, 0.15) is 95.1 Å². The number of ether oxygens (including phenoxy) is 2. The van der Waals surface area contributed by atoms with Gasteiger partial charge >= 0.3 is 0 Å². The number of methoxy groups -OCH3 is 1. The van der Waals surface area contributed by atoms with Crippen molar-refractivity contribution in [1.82, 2.24) is 5.43 Å². The molecule has 0 unspecified atom stereocenters. The summed E-state index contributed by atoms with van der Waals surface area (Å²) in [7, 11) is 1.60. The average molecular weight is 501 g/mol. The summed E-state index contributed by atoms with van der Waals surface area (Å²) in [6, 6.07) is 13.1. The van der Waals surface area contributed by atoms with Crippen LogP contribution < -0.4 is 14.9 Å². The van der Waals surface area contributed by atoms with Gasteiger partial charge in [0, 0.05) is 11.4 Å². The highest BCUT2D eigenvalue weighted by molar-refractivity contribution is 6.30. The van der Waals surface area contributed by atoms with Crippen LogP contribution in [0.4, 0.5) is 0 Å². The van der Waals surface area contributed by atoms with E-state index in [0.29, 0.717) is 29.5 Å². The smallest absolute Gasteiger partial charge is 0.240 e. The molecule has 192 valence electrons. The first-order chi connectivity index (χ1) is 17.1. The molecule has 6 heteroatoms. The van der Waals surface area contributed by atoms with E-state index >= 15 is 0 Å². The van der Waals surface area contributed by atoms with Gasteiger partial charge < -0.3 is 9.47 Å². The molecule has 1 amide bonds. The van der Waals surface area contributed by atoms with Crippen LogP contribution in [-0.2, 0) is 11.4 Å². The maximum atomic E-state index is 12.0. The Labute approximate surface area is 216 Å². The maximum absolute atomic E-state index is 12.0. The highest BCUT2D eigenvalue weighted by Crippen LogP contribution is 2.28. The van der Waals surface area contributed by atoms with Crippen molar-refractivity contribution in [2.45, 2.75) is 90.6 Å². The van der Waals surface area contributed by atoms with Crippen molar-refractivity contribution in [1.29, 1.82) is 0 Å². The second kappa shape index (κ2) is 17.8. The third-order valence-electron chi connectivity index (χ3n) is 5.91. The molecule has 2 rings (SSSR count). The van der Waals surface area contributed by atoms with Gasteiger partial charge in [-0.15, -0.1) is 0 Å². The zero-order chi connectivity index (χ0) is 25.1. The van der Waals surface area contributed by atoms with Gasteiger partial charge in [0.2, 0.25) is 5.91 Å². The number of halogens is 1. The van der Waals surface area contributed by atoms with E-state index in [1.165, 1.54) is 57.8 Å². The summed E-state index contributed by atoms with van der Waals surface area (Å²) in [6.07, 6.45) is 16.1. The van der Waals surface area contributed by atoms with Crippen molar-refractivity contribution in [2.24, 2.45) is 5.10 Å². The minimum atomic E-state index is -0.0490.